The Labute approximate surface area is 316 Å². The summed E-state index contributed by atoms with van der Waals surface area (Å²) >= 11 is 1.90. The van der Waals surface area contributed by atoms with Crippen molar-refractivity contribution < 1.29 is 4.74 Å². The van der Waals surface area contributed by atoms with Crippen LogP contribution in [0.3, 0.4) is 0 Å². The van der Waals surface area contributed by atoms with E-state index in [1.165, 1.54) is 102 Å². The Bertz CT molecular complexity index is 3210. The van der Waals surface area contributed by atoms with Crippen LogP contribution in [0.2, 0.25) is 0 Å². The van der Waals surface area contributed by atoms with Gasteiger partial charge in [0.2, 0.25) is 0 Å². The Morgan fingerprint density at radius 3 is 1.81 bits per heavy atom. The quantitative estimate of drug-likeness (QED) is 0.166. The normalized spacial score (nSPS) is 15.1. The van der Waals surface area contributed by atoms with Crippen LogP contribution in [0.25, 0.3) is 91.1 Å². The van der Waals surface area contributed by atoms with Crippen molar-refractivity contribution >= 4 is 80.2 Å². The van der Waals surface area contributed by atoms with Crippen molar-refractivity contribution in [2.75, 3.05) is 0 Å². The highest BCUT2D eigenvalue weighted by atomic mass is 32.1. The molecule has 54 heavy (non-hydrogen) atoms. The van der Waals surface area contributed by atoms with E-state index in [-0.39, 0.29) is 5.92 Å². The van der Waals surface area contributed by atoms with Crippen molar-refractivity contribution in [3.8, 4) is 28.0 Å². The molecule has 0 spiro atoms. The molecule has 1 atom stereocenters. The summed E-state index contributed by atoms with van der Waals surface area (Å²) in [6.07, 6.45) is 5.38. The standard InChI is InChI=1S/C52H32OS/c1-2-10-34-27-37(22-19-31(34)9-1)51-41-14-5-3-12-39(41)50(40-13-4-6-15-42(40)51)33-20-17-32(18-21-33)35-24-26-47-45(28-35)46-30-44-36(29-48(46)53-47)23-25-43-38-11-7-8-16-49(38)54-52(43)44/h1-27,29-30,45H,28H2. The molecule has 0 saturated heterocycles. The molecule has 0 amide bonds. The third-order valence-corrected chi connectivity index (χ3v) is 13.0. The molecule has 1 aliphatic carbocycles. The van der Waals surface area contributed by atoms with Gasteiger partial charge in [-0.05, 0) is 108 Å². The number of thiophene rings is 1. The van der Waals surface area contributed by atoms with Gasteiger partial charge in [-0.3, -0.25) is 0 Å². The number of hydrogen-bond acceptors (Lipinski definition) is 2. The molecule has 1 aliphatic heterocycles. The van der Waals surface area contributed by atoms with Gasteiger partial charge in [0, 0.05) is 37.0 Å². The molecule has 1 nitrogen and oxygen atoms in total. The van der Waals surface area contributed by atoms with Gasteiger partial charge in [0.25, 0.3) is 0 Å². The summed E-state index contributed by atoms with van der Waals surface area (Å²) in [6.45, 7) is 0. The molecule has 10 aromatic rings. The highest BCUT2D eigenvalue weighted by Gasteiger charge is 2.33. The van der Waals surface area contributed by atoms with Crippen LogP contribution < -0.4 is 4.74 Å². The molecule has 0 radical (unpaired) electrons. The smallest absolute Gasteiger partial charge is 0.131 e. The highest BCUT2D eigenvalue weighted by molar-refractivity contribution is 7.26. The Balaban J connectivity index is 0.930. The number of benzene rings is 9. The van der Waals surface area contributed by atoms with E-state index < -0.39 is 0 Å². The lowest BCUT2D eigenvalue weighted by Gasteiger charge is -2.20. The number of rotatable bonds is 3. The molecule has 0 saturated carbocycles. The van der Waals surface area contributed by atoms with Gasteiger partial charge < -0.3 is 4.74 Å². The van der Waals surface area contributed by atoms with Crippen molar-refractivity contribution in [3.05, 3.63) is 193 Å². The Morgan fingerprint density at radius 2 is 1.06 bits per heavy atom. The van der Waals surface area contributed by atoms with E-state index in [2.05, 4.69) is 176 Å². The molecule has 0 N–H and O–H groups in total. The largest absolute Gasteiger partial charge is 0.461 e. The van der Waals surface area contributed by atoms with E-state index in [9.17, 15) is 0 Å². The predicted octanol–water partition coefficient (Wildman–Crippen LogP) is 14.8. The van der Waals surface area contributed by atoms with Crippen LogP contribution in [0.4, 0.5) is 0 Å². The molecule has 0 fully saturated rings. The fourth-order valence-electron chi connectivity index (χ4n) is 9.25. The number of fused-ring (bicyclic) bond motifs is 11. The summed E-state index contributed by atoms with van der Waals surface area (Å²) < 4.78 is 9.22. The van der Waals surface area contributed by atoms with Crippen molar-refractivity contribution in [2.24, 2.45) is 0 Å². The Morgan fingerprint density at radius 1 is 0.444 bits per heavy atom. The third-order valence-electron chi connectivity index (χ3n) is 11.8. The molecular formula is C52H32OS. The lowest BCUT2D eigenvalue weighted by atomic mass is 9.83. The van der Waals surface area contributed by atoms with E-state index >= 15 is 0 Å². The van der Waals surface area contributed by atoms with E-state index in [4.69, 9.17) is 4.74 Å². The number of ether oxygens (including phenoxy) is 1. The van der Waals surface area contributed by atoms with Gasteiger partial charge in [-0.1, -0.05) is 146 Å². The highest BCUT2D eigenvalue weighted by Crippen LogP contribution is 2.51. The summed E-state index contributed by atoms with van der Waals surface area (Å²) in [4.78, 5) is 0. The molecule has 9 aromatic carbocycles. The summed E-state index contributed by atoms with van der Waals surface area (Å²) in [5, 5.41) is 12.9. The van der Waals surface area contributed by atoms with Gasteiger partial charge in [0.05, 0.1) is 0 Å². The zero-order valence-corrected chi connectivity index (χ0v) is 30.2. The molecule has 252 valence electrons. The zero-order valence-electron chi connectivity index (χ0n) is 29.3. The fourth-order valence-corrected chi connectivity index (χ4v) is 10.5. The minimum atomic E-state index is 0.212. The van der Waals surface area contributed by atoms with Crippen LogP contribution in [0.15, 0.2) is 182 Å². The van der Waals surface area contributed by atoms with E-state index in [1.54, 1.807) is 0 Å². The van der Waals surface area contributed by atoms with Crippen molar-refractivity contribution in [2.45, 2.75) is 12.3 Å². The second-order valence-electron chi connectivity index (χ2n) is 14.8. The molecule has 2 heterocycles. The van der Waals surface area contributed by atoms with Crippen molar-refractivity contribution in [1.82, 2.24) is 0 Å². The Kier molecular flexibility index (Phi) is 6.40. The van der Waals surface area contributed by atoms with E-state index in [1.807, 2.05) is 11.3 Å². The predicted molar refractivity (Wildman–Crippen MR) is 231 cm³/mol. The topological polar surface area (TPSA) is 9.23 Å². The molecule has 1 unspecified atom stereocenters. The lowest BCUT2D eigenvalue weighted by molar-refractivity contribution is 0.427. The first-order valence-corrected chi connectivity index (χ1v) is 19.6. The first-order chi connectivity index (χ1) is 26.7. The van der Waals surface area contributed by atoms with Crippen molar-refractivity contribution in [1.29, 1.82) is 0 Å². The van der Waals surface area contributed by atoms with E-state index in [0.29, 0.717) is 0 Å². The SMILES string of the molecule is C1=C(c2ccc(-c3c4ccccc4c(-c4ccc5ccccc5c4)c4ccccc34)cc2)CC2C(=C1)Oc1cc3ccc4c5ccccc5sc4c3cc12. The summed E-state index contributed by atoms with van der Waals surface area (Å²) in [7, 11) is 0. The Hall–Kier alpha value is -6.48. The van der Waals surface area contributed by atoms with Gasteiger partial charge in [0.1, 0.15) is 11.5 Å². The average Bonchev–Trinajstić information content (AvgIpc) is 3.79. The van der Waals surface area contributed by atoms with Gasteiger partial charge in [-0.25, -0.2) is 0 Å². The van der Waals surface area contributed by atoms with Gasteiger partial charge in [-0.2, -0.15) is 0 Å². The van der Waals surface area contributed by atoms with Crippen LogP contribution in [0.1, 0.15) is 23.5 Å². The zero-order chi connectivity index (χ0) is 35.3. The molecular weight excluding hydrogens is 673 g/mol. The second kappa shape index (κ2) is 11.5. The first-order valence-electron chi connectivity index (χ1n) is 18.8. The fraction of sp³-hybridized carbons (Fsp3) is 0.0385. The van der Waals surface area contributed by atoms with Crippen LogP contribution in [-0.2, 0) is 0 Å². The summed E-state index contributed by atoms with van der Waals surface area (Å²) in [5.41, 5.74) is 8.96. The van der Waals surface area contributed by atoms with Crippen LogP contribution in [0.5, 0.6) is 5.75 Å². The van der Waals surface area contributed by atoms with Gasteiger partial charge >= 0.3 is 0 Å². The lowest BCUT2D eigenvalue weighted by Crippen LogP contribution is -2.04. The van der Waals surface area contributed by atoms with Crippen molar-refractivity contribution in [3.63, 3.8) is 0 Å². The summed E-state index contributed by atoms with van der Waals surface area (Å²) in [6, 6.07) is 60.6. The van der Waals surface area contributed by atoms with Gasteiger partial charge in [0.15, 0.2) is 0 Å². The minimum absolute atomic E-state index is 0.212. The number of allylic oxidation sites excluding steroid dienone is 4. The van der Waals surface area contributed by atoms with Crippen LogP contribution in [-0.4, -0.2) is 0 Å². The molecule has 1 aromatic heterocycles. The van der Waals surface area contributed by atoms with Crippen LogP contribution in [0, 0.1) is 0 Å². The maximum absolute atomic E-state index is 6.52. The van der Waals surface area contributed by atoms with Gasteiger partial charge in [-0.15, -0.1) is 11.3 Å². The average molecular weight is 705 g/mol. The molecule has 0 bridgehead atoms. The maximum Gasteiger partial charge on any atom is 0.131 e. The maximum atomic E-state index is 6.52. The third kappa shape index (κ3) is 4.44. The molecule has 12 rings (SSSR count). The monoisotopic (exact) mass is 704 g/mol. The molecule has 2 aliphatic rings. The number of hydrogen-bond donors (Lipinski definition) is 0. The second-order valence-corrected chi connectivity index (χ2v) is 15.8. The van der Waals surface area contributed by atoms with E-state index in [0.717, 1.165) is 17.9 Å². The minimum Gasteiger partial charge on any atom is -0.461 e. The summed E-state index contributed by atoms with van der Waals surface area (Å²) in [5.74, 6) is 2.26. The van der Waals surface area contributed by atoms with Crippen LogP contribution >= 0.6 is 11.3 Å². The molecule has 2 heteroatoms. The first kappa shape index (κ1) is 30.0.